The van der Waals surface area contributed by atoms with E-state index < -0.39 is 0 Å². The maximum atomic E-state index is 5.63. The van der Waals surface area contributed by atoms with Crippen LogP contribution in [0.25, 0.3) is 0 Å². The third-order valence-corrected chi connectivity index (χ3v) is 2.41. The van der Waals surface area contributed by atoms with E-state index in [4.69, 9.17) is 4.74 Å². The number of aromatic nitrogens is 2. The van der Waals surface area contributed by atoms with Crippen molar-refractivity contribution in [2.24, 2.45) is 0 Å². The smallest absolute Gasteiger partial charge is 0.119 e. The molecule has 0 saturated heterocycles. The van der Waals surface area contributed by atoms with Gasteiger partial charge in [-0.05, 0) is 25.5 Å². The first kappa shape index (κ1) is 14.3. The first-order valence-corrected chi connectivity index (χ1v) is 6.50. The lowest BCUT2D eigenvalue weighted by Gasteiger charge is -2.06. The van der Waals surface area contributed by atoms with Crippen LogP contribution in [0.4, 0.5) is 0 Å². The fourth-order valence-corrected chi connectivity index (χ4v) is 1.49. The van der Waals surface area contributed by atoms with Crippen molar-refractivity contribution in [1.82, 2.24) is 9.55 Å². The molecule has 2 rings (SSSR count). The Bertz CT molecular complexity index is 407. The second-order valence-electron chi connectivity index (χ2n) is 3.82. The van der Waals surface area contributed by atoms with Crippen molar-refractivity contribution in [3.63, 3.8) is 0 Å². The van der Waals surface area contributed by atoms with Crippen molar-refractivity contribution in [3.8, 4) is 5.75 Å². The summed E-state index contributed by atoms with van der Waals surface area (Å²) in [7, 11) is 0. The normalized spacial score (nSPS) is 9.50. The van der Waals surface area contributed by atoms with E-state index in [1.807, 2.05) is 38.5 Å². The maximum absolute atomic E-state index is 5.63. The predicted molar refractivity (Wildman–Crippen MR) is 74.9 cm³/mol. The molecule has 0 aliphatic rings. The second kappa shape index (κ2) is 8.34. The largest absolute Gasteiger partial charge is 0.494 e. The maximum Gasteiger partial charge on any atom is 0.119 e. The quantitative estimate of drug-likeness (QED) is 0.752. The molecule has 0 aliphatic heterocycles. The van der Waals surface area contributed by atoms with E-state index >= 15 is 0 Å². The SMILES string of the molecule is CC.Cc1ccc(OCCCn2ccnc2)cc1. The summed E-state index contributed by atoms with van der Waals surface area (Å²) in [6.07, 6.45) is 6.57. The van der Waals surface area contributed by atoms with E-state index in [9.17, 15) is 0 Å². The Labute approximate surface area is 109 Å². The Kier molecular flexibility index (Phi) is 6.62. The average molecular weight is 246 g/mol. The van der Waals surface area contributed by atoms with Crippen LogP contribution >= 0.6 is 0 Å². The fraction of sp³-hybridized carbons (Fsp3) is 0.400. The second-order valence-corrected chi connectivity index (χ2v) is 3.82. The molecule has 0 radical (unpaired) electrons. The van der Waals surface area contributed by atoms with Gasteiger partial charge in [0.1, 0.15) is 5.75 Å². The van der Waals surface area contributed by atoms with Crippen molar-refractivity contribution in [3.05, 3.63) is 48.5 Å². The van der Waals surface area contributed by atoms with Gasteiger partial charge in [-0.2, -0.15) is 0 Å². The average Bonchev–Trinajstić information content (AvgIpc) is 2.92. The van der Waals surface area contributed by atoms with Crippen molar-refractivity contribution in [2.45, 2.75) is 33.7 Å². The molecule has 0 aliphatic carbocycles. The minimum absolute atomic E-state index is 0.737. The Hall–Kier alpha value is -1.77. The zero-order chi connectivity index (χ0) is 13.2. The summed E-state index contributed by atoms with van der Waals surface area (Å²) in [6.45, 7) is 7.76. The van der Waals surface area contributed by atoms with Gasteiger partial charge in [-0.1, -0.05) is 31.5 Å². The number of rotatable bonds is 5. The summed E-state index contributed by atoms with van der Waals surface area (Å²) in [5, 5.41) is 0. The van der Waals surface area contributed by atoms with Gasteiger partial charge in [-0.25, -0.2) is 4.98 Å². The molecule has 0 spiro atoms. The number of hydrogen-bond donors (Lipinski definition) is 0. The van der Waals surface area contributed by atoms with Crippen LogP contribution in [0.1, 0.15) is 25.8 Å². The lowest BCUT2D eigenvalue weighted by Crippen LogP contribution is -2.02. The van der Waals surface area contributed by atoms with E-state index in [1.165, 1.54) is 5.56 Å². The third kappa shape index (κ3) is 5.04. The molecule has 1 aromatic carbocycles. The number of hydrogen-bond acceptors (Lipinski definition) is 2. The lowest BCUT2D eigenvalue weighted by molar-refractivity contribution is 0.301. The summed E-state index contributed by atoms with van der Waals surface area (Å²) in [5.74, 6) is 0.941. The Morgan fingerprint density at radius 3 is 2.50 bits per heavy atom. The van der Waals surface area contributed by atoms with Gasteiger partial charge in [0.05, 0.1) is 12.9 Å². The number of imidazole rings is 1. The minimum Gasteiger partial charge on any atom is -0.494 e. The van der Waals surface area contributed by atoms with E-state index in [0.29, 0.717) is 0 Å². The van der Waals surface area contributed by atoms with E-state index in [2.05, 4.69) is 28.6 Å². The molecule has 0 bridgehead atoms. The van der Waals surface area contributed by atoms with Gasteiger partial charge >= 0.3 is 0 Å². The molecule has 2 aromatic rings. The molecule has 3 heteroatoms. The van der Waals surface area contributed by atoms with Crippen molar-refractivity contribution in [1.29, 1.82) is 0 Å². The number of nitrogens with zero attached hydrogens (tertiary/aromatic N) is 2. The van der Waals surface area contributed by atoms with Gasteiger partial charge in [0, 0.05) is 18.9 Å². The van der Waals surface area contributed by atoms with Gasteiger partial charge in [0.25, 0.3) is 0 Å². The number of aryl methyl sites for hydroxylation is 2. The molecule has 0 N–H and O–H groups in total. The van der Waals surface area contributed by atoms with Gasteiger partial charge in [-0.15, -0.1) is 0 Å². The monoisotopic (exact) mass is 246 g/mol. The minimum atomic E-state index is 0.737. The van der Waals surface area contributed by atoms with Crippen LogP contribution in [-0.4, -0.2) is 16.2 Å². The summed E-state index contributed by atoms with van der Waals surface area (Å²) < 4.78 is 7.68. The highest BCUT2D eigenvalue weighted by atomic mass is 16.5. The van der Waals surface area contributed by atoms with Crippen LogP contribution < -0.4 is 4.74 Å². The van der Waals surface area contributed by atoms with E-state index in [-0.39, 0.29) is 0 Å². The predicted octanol–water partition coefficient (Wildman–Crippen LogP) is 3.69. The standard InChI is InChI=1S/C13H16N2O.C2H6/c1-12-3-5-13(6-4-12)16-10-2-8-15-9-7-14-11-15;1-2/h3-7,9,11H,2,8,10H2,1H3;1-2H3. The Morgan fingerprint density at radius 2 is 1.89 bits per heavy atom. The topological polar surface area (TPSA) is 27.1 Å². The third-order valence-electron chi connectivity index (χ3n) is 2.41. The molecule has 1 aromatic heterocycles. The molecule has 0 saturated carbocycles. The van der Waals surface area contributed by atoms with Gasteiger partial charge in [0.2, 0.25) is 0 Å². The summed E-state index contributed by atoms with van der Waals surface area (Å²) >= 11 is 0. The highest BCUT2D eigenvalue weighted by molar-refractivity contribution is 5.26. The van der Waals surface area contributed by atoms with Crippen LogP contribution in [0.5, 0.6) is 5.75 Å². The van der Waals surface area contributed by atoms with Gasteiger partial charge in [0.15, 0.2) is 0 Å². The van der Waals surface area contributed by atoms with Crippen molar-refractivity contribution in [2.75, 3.05) is 6.61 Å². The Balaban J connectivity index is 0.000000771. The zero-order valence-electron chi connectivity index (χ0n) is 11.5. The Morgan fingerprint density at radius 1 is 1.17 bits per heavy atom. The van der Waals surface area contributed by atoms with E-state index in [0.717, 1.165) is 25.3 Å². The molecule has 0 atom stereocenters. The molecule has 0 fully saturated rings. The molecular formula is C15H22N2O. The van der Waals surface area contributed by atoms with Crippen LogP contribution in [0.15, 0.2) is 43.0 Å². The highest BCUT2D eigenvalue weighted by Crippen LogP contribution is 2.11. The van der Waals surface area contributed by atoms with Gasteiger partial charge in [-0.3, -0.25) is 0 Å². The number of ether oxygens (including phenoxy) is 1. The van der Waals surface area contributed by atoms with Crippen LogP contribution in [0.2, 0.25) is 0 Å². The zero-order valence-corrected chi connectivity index (χ0v) is 11.5. The number of benzene rings is 1. The first-order valence-electron chi connectivity index (χ1n) is 6.50. The lowest BCUT2D eigenvalue weighted by atomic mass is 10.2. The summed E-state index contributed by atoms with van der Waals surface area (Å²) in [5.41, 5.74) is 1.26. The first-order chi connectivity index (χ1) is 8.84. The van der Waals surface area contributed by atoms with Crippen LogP contribution in [-0.2, 0) is 6.54 Å². The van der Waals surface area contributed by atoms with Gasteiger partial charge < -0.3 is 9.30 Å². The molecule has 18 heavy (non-hydrogen) atoms. The molecule has 1 heterocycles. The van der Waals surface area contributed by atoms with Crippen molar-refractivity contribution >= 4 is 0 Å². The highest BCUT2D eigenvalue weighted by Gasteiger charge is 1.94. The van der Waals surface area contributed by atoms with Crippen molar-refractivity contribution < 1.29 is 4.74 Å². The molecule has 3 nitrogen and oxygen atoms in total. The molecular weight excluding hydrogens is 224 g/mol. The summed E-state index contributed by atoms with van der Waals surface area (Å²) in [6, 6.07) is 8.13. The van der Waals surface area contributed by atoms with Crippen LogP contribution in [0.3, 0.4) is 0 Å². The molecule has 98 valence electrons. The molecule has 0 unspecified atom stereocenters. The van der Waals surface area contributed by atoms with E-state index in [1.54, 1.807) is 6.20 Å². The molecule has 0 amide bonds. The van der Waals surface area contributed by atoms with Crippen LogP contribution in [0, 0.1) is 6.92 Å². The summed E-state index contributed by atoms with van der Waals surface area (Å²) in [4.78, 5) is 3.99. The fourth-order valence-electron chi connectivity index (χ4n) is 1.49.